The van der Waals surface area contributed by atoms with Crippen LogP contribution in [0.4, 0.5) is 4.79 Å². The lowest BCUT2D eigenvalue weighted by Crippen LogP contribution is -2.45. The molecule has 1 aromatic carbocycles. The molecule has 0 aromatic heterocycles. The lowest BCUT2D eigenvalue weighted by atomic mass is 9.94. The Hall–Kier alpha value is -2.04. The Morgan fingerprint density at radius 2 is 1.63 bits per heavy atom. The fraction of sp³-hybridized carbons (Fsp3) is 0.636. The van der Waals surface area contributed by atoms with E-state index in [0.29, 0.717) is 18.7 Å². The van der Waals surface area contributed by atoms with E-state index in [2.05, 4.69) is 27.7 Å². The number of hydrogen-bond donors (Lipinski definition) is 0. The van der Waals surface area contributed by atoms with Crippen LogP contribution in [-0.4, -0.2) is 35.2 Å². The summed E-state index contributed by atoms with van der Waals surface area (Å²) in [5.41, 5.74) is 1.43. The van der Waals surface area contributed by atoms with Crippen molar-refractivity contribution in [3.8, 4) is 5.75 Å². The van der Waals surface area contributed by atoms with E-state index >= 15 is 0 Å². The highest BCUT2D eigenvalue weighted by Crippen LogP contribution is 2.35. The van der Waals surface area contributed by atoms with Gasteiger partial charge in [0.05, 0.1) is 0 Å². The Morgan fingerprint density at radius 3 is 2.11 bits per heavy atom. The number of carbonyl (C=O) groups excluding carboxylic acids is 2. The number of esters is 1. The highest BCUT2D eigenvalue weighted by Gasteiger charge is 2.38. The van der Waals surface area contributed by atoms with Crippen LogP contribution in [0.15, 0.2) is 18.2 Å². The molecule has 0 radical (unpaired) electrons. The van der Waals surface area contributed by atoms with Gasteiger partial charge in [-0.3, -0.25) is 4.90 Å². The zero-order valence-corrected chi connectivity index (χ0v) is 17.7. The summed E-state index contributed by atoms with van der Waals surface area (Å²) in [7, 11) is 0. The summed E-state index contributed by atoms with van der Waals surface area (Å²) < 4.78 is 11.4. The minimum atomic E-state index is -0.597. The largest absolute Gasteiger partial charge is 0.444 e. The number of likely N-dealkylation sites (tertiary alicyclic amines) is 1. The van der Waals surface area contributed by atoms with Gasteiger partial charge in [-0.1, -0.05) is 45.9 Å². The van der Waals surface area contributed by atoms with Crippen LogP contribution in [-0.2, 0) is 9.53 Å². The maximum Gasteiger partial charge on any atom is 0.411 e. The van der Waals surface area contributed by atoms with Crippen LogP contribution in [0, 0.1) is 0 Å². The van der Waals surface area contributed by atoms with E-state index in [4.69, 9.17) is 9.47 Å². The van der Waals surface area contributed by atoms with Gasteiger partial charge >= 0.3 is 12.1 Å². The molecule has 0 spiro atoms. The van der Waals surface area contributed by atoms with Crippen LogP contribution in [0.25, 0.3) is 0 Å². The molecule has 1 amide bonds. The standard InChI is InChI=1S/C22H33NO4/c1-14(2)16-10-8-11-17(15(3)4)19(16)26-20(24)18-12-9-13-23(18)21(25)27-22(5,6)7/h8,10-11,14-15,18H,9,12-13H2,1-7H3. The Balaban J connectivity index is 2.25. The Bertz CT molecular complexity index is 662. The molecule has 1 fully saturated rings. The predicted molar refractivity (Wildman–Crippen MR) is 106 cm³/mol. The first kappa shape index (κ1) is 21.3. The number of benzene rings is 1. The SMILES string of the molecule is CC(C)c1cccc(C(C)C)c1OC(=O)C1CCCN1C(=O)OC(C)(C)C. The lowest BCUT2D eigenvalue weighted by Gasteiger charge is -2.28. The molecular formula is C22H33NO4. The van der Waals surface area contributed by atoms with Crippen molar-refractivity contribution in [3.63, 3.8) is 0 Å². The van der Waals surface area contributed by atoms with Gasteiger partial charge in [0.1, 0.15) is 17.4 Å². The second-order valence-electron chi connectivity index (χ2n) is 8.83. The molecule has 1 aromatic rings. The number of ether oxygens (including phenoxy) is 2. The van der Waals surface area contributed by atoms with Gasteiger partial charge in [0.25, 0.3) is 0 Å². The quantitative estimate of drug-likeness (QED) is 0.533. The van der Waals surface area contributed by atoms with Gasteiger partial charge in [-0.15, -0.1) is 0 Å². The third kappa shape index (κ3) is 5.24. The van der Waals surface area contributed by atoms with Crippen molar-refractivity contribution >= 4 is 12.1 Å². The molecule has 1 unspecified atom stereocenters. The van der Waals surface area contributed by atoms with Crippen molar-refractivity contribution in [2.75, 3.05) is 6.54 Å². The van der Waals surface area contributed by atoms with Crippen LogP contribution in [0.3, 0.4) is 0 Å². The highest BCUT2D eigenvalue weighted by molar-refractivity contribution is 5.84. The summed E-state index contributed by atoms with van der Waals surface area (Å²) in [6.07, 6.45) is 0.907. The molecule has 150 valence electrons. The molecule has 2 rings (SSSR count). The Labute approximate surface area is 163 Å². The third-order valence-corrected chi connectivity index (χ3v) is 4.68. The highest BCUT2D eigenvalue weighted by atomic mass is 16.6. The molecule has 1 aliphatic heterocycles. The molecule has 27 heavy (non-hydrogen) atoms. The molecule has 1 aliphatic rings. The van der Waals surface area contributed by atoms with E-state index in [9.17, 15) is 9.59 Å². The topological polar surface area (TPSA) is 55.8 Å². The van der Waals surface area contributed by atoms with Gasteiger partial charge in [-0.2, -0.15) is 0 Å². The lowest BCUT2D eigenvalue weighted by molar-refractivity contribution is -0.139. The summed E-state index contributed by atoms with van der Waals surface area (Å²) >= 11 is 0. The van der Waals surface area contributed by atoms with Crippen LogP contribution in [0.5, 0.6) is 5.75 Å². The van der Waals surface area contributed by atoms with E-state index in [1.165, 1.54) is 4.90 Å². The molecule has 0 bridgehead atoms. The summed E-state index contributed by atoms with van der Waals surface area (Å²) in [5.74, 6) is 0.728. The average Bonchev–Trinajstić information content (AvgIpc) is 3.02. The van der Waals surface area contributed by atoms with E-state index in [0.717, 1.165) is 17.5 Å². The van der Waals surface area contributed by atoms with Crippen molar-refractivity contribution < 1.29 is 19.1 Å². The summed E-state index contributed by atoms with van der Waals surface area (Å²) in [4.78, 5) is 26.9. The van der Waals surface area contributed by atoms with Crippen molar-refractivity contribution in [2.45, 2.75) is 84.8 Å². The number of para-hydroxylation sites is 1. The first-order valence-electron chi connectivity index (χ1n) is 9.85. The number of rotatable bonds is 4. The average molecular weight is 376 g/mol. The molecular weight excluding hydrogens is 342 g/mol. The molecule has 1 heterocycles. The third-order valence-electron chi connectivity index (χ3n) is 4.68. The van der Waals surface area contributed by atoms with Crippen molar-refractivity contribution in [1.29, 1.82) is 0 Å². The second kappa shape index (κ2) is 8.32. The zero-order chi connectivity index (χ0) is 20.4. The maximum absolute atomic E-state index is 13.0. The Kier molecular flexibility index (Phi) is 6.55. The molecule has 0 N–H and O–H groups in total. The van der Waals surface area contributed by atoms with E-state index < -0.39 is 17.7 Å². The van der Waals surface area contributed by atoms with Crippen LogP contribution < -0.4 is 4.74 Å². The van der Waals surface area contributed by atoms with Crippen molar-refractivity contribution in [2.24, 2.45) is 0 Å². The molecule has 5 heteroatoms. The number of carbonyl (C=O) groups is 2. The first-order chi connectivity index (χ1) is 12.5. The molecule has 0 saturated carbocycles. The normalized spacial score (nSPS) is 17.5. The van der Waals surface area contributed by atoms with Gasteiger partial charge in [-0.25, -0.2) is 9.59 Å². The predicted octanol–water partition coefficient (Wildman–Crippen LogP) is 5.24. The van der Waals surface area contributed by atoms with Gasteiger partial charge in [0, 0.05) is 6.54 Å². The molecule has 1 atom stereocenters. The van der Waals surface area contributed by atoms with Gasteiger partial charge < -0.3 is 9.47 Å². The van der Waals surface area contributed by atoms with Crippen LogP contribution >= 0.6 is 0 Å². The van der Waals surface area contributed by atoms with Gasteiger partial charge in [-0.05, 0) is 56.6 Å². The fourth-order valence-electron chi connectivity index (χ4n) is 3.32. The smallest absolute Gasteiger partial charge is 0.411 e. The maximum atomic E-state index is 13.0. The minimum Gasteiger partial charge on any atom is -0.444 e. The number of nitrogens with zero attached hydrogens (tertiary/aromatic N) is 1. The monoisotopic (exact) mass is 375 g/mol. The van der Waals surface area contributed by atoms with E-state index in [-0.39, 0.29) is 17.8 Å². The summed E-state index contributed by atoms with van der Waals surface area (Å²) in [5, 5.41) is 0. The van der Waals surface area contributed by atoms with E-state index in [1.54, 1.807) is 0 Å². The number of amides is 1. The molecule has 5 nitrogen and oxygen atoms in total. The fourth-order valence-corrected chi connectivity index (χ4v) is 3.32. The molecule has 1 saturated heterocycles. The Morgan fingerprint density at radius 1 is 1.07 bits per heavy atom. The van der Waals surface area contributed by atoms with Crippen LogP contribution in [0.1, 0.15) is 84.3 Å². The summed E-state index contributed by atoms with van der Waals surface area (Å²) in [6, 6.07) is 5.41. The van der Waals surface area contributed by atoms with Crippen molar-refractivity contribution in [3.05, 3.63) is 29.3 Å². The van der Waals surface area contributed by atoms with Gasteiger partial charge in [0.15, 0.2) is 0 Å². The van der Waals surface area contributed by atoms with Crippen molar-refractivity contribution in [1.82, 2.24) is 4.90 Å². The van der Waals surface area contributed by atoms with E-state index in [1.807, 2.05) is 39.0 Å². The van der Waals surface area contributed by atoms with Crippen LogP contribution in [0.2, 0.25) is 0 Å². The second-order valence-corrected chi connectivity index (χ2v) is 8.83. The molecule has 0 aliphatic carbocycles. The van der Waals surface area contributed by atoms with Gasteiger partial charge in [0.2, 0.25) is 0 Å². The first-order valence-corrected chi connectivity index (χ1v) is 9.85. The summed E-state index contributed by atoms with van der Waals surface area (Å²) in [6.45, 7) is 14.3. The minimum absolute atomic E-state index is 0.233. The zero-order valence-electron chi connectivity index (χ0n) is 17.7. The number of hydrogen-bond acceptors (Lipinski definition) is 4.